The first kappa shape index (κ1) is 18.4. The van der Waals surface area contributed by atoms with Gasteiger partial charge in [-0.1, -0.05) is 42.0 Å². The summed E-state index contributed by atoms with van der Waals surface area (Å²) in [5, 5.41) is 0. The van der Waals surface area contributed by atoms with E-state index in [1.54, 1.807) is 12.1 Å². The number of benzene rings is 2. The monoisotopic (exact) mass is 398 g/mol. The number of carbonyl (C=O) groups is 2. The van der Waals surface area contributed by atoms with Crippen LogP contribution >= 0.6 is 0 Å². The molecule has 7 heteroatoms. The first-order chi connectivity index (χ1) is 13.2. The minimum Gasteiger partial charge on any atom is -0.461 e. The van der Waals surface area contributed by atoms with Gasteiger partial charge in [0.15, 0.2) is 15.4 Å². The van der Waals surface area contributed by atoms with E-state index >= 15 is 0 Å². The highest BCUT2D eigenvalue weighted by Gasteiger charge is 2.54. The molecule has 1 spiro atoms. The molecule has 0 aliphatic carbocycles. The van der Waals surface area contributed by atoms with Crippen molar-refractivity contribution in [1.82, 2.24) is 0 Å². The molecule has 2 aromatic carbocycles. The molecular weight excluding hydrogens is 380 g/mol. The second-order valence-corrected chi connectivity index (χ2v) is 9.15. The Morgan fingerprint density at radius 2 is 1.54 bits per heavy atom. The number of esters is 2. The van der Waals surface area contributed by atoms with Crippen LogP contribution in [0, 0.1) is 6.92 Å². The smallest absolute Gasteiger partial charge is 0.340 e. The van der Waals surface area contributed by atoms with Crippen LogP contribution in [0.4, 0.5) is 0 Å². The van der Waals surface area contributed by atoms with Gasteiger partial charge in [-0.15, -0.1) is 0 Å². The van der Waals surface area contributed by atoms with Gasteiger partial charge in [0.25, 0.3) is 0 Å². The fraction of sp³-hybridized carbons (Fsp3) is 0.238. The number of sulfone groups is 1. The maximum atomic E-state index is 12.8. The van der Waals surface area contributed by atoms with Gasteiger partial charge in [-0.25, -0.2) is 13.2 Å². The molecule has 2 heterocycles. The largest absolute Gasteiger partial charge is 0.461 e. The van der Waals surface area contributed by atoms with E-state index in [9.17, 15) is 18.0 Å². The van der Waals surface area contributed by atoms with Crippen LogP contribution in [0.15, 0.2) is 53.4 Å². The van der Waals surface area contributed by atoms with Crippen LogP contribution in [-0.4, -0.2) is 38.8 Å². The normalized spacial score (nSPS) is 21.9. The second kappa shape index (κ2) is 6.31. The third-order valence-corrected chi connectivity index (χ3v) is 6.13. The van der Waals surface area contributed by atoms with Crippen LogP contribution in [0.3, 0.4) is 0 Å². The number of rotatable bonds is 3. The van der Waals surface area contributed by atoms with E-state index in [1.165, 1.54) is 12.1 Å². The highest BCUT2D eigenvalue weighted by molar-refractivity contribution is 7.90. The SMILES string of the molecule is Cc1ccc(C2=C(c3ccc(S(C)(=O)=O)cc3)C3(COC(=O)C3)OC2=O)cc1. The van der Waals surface area contributed by atoms with Crippen molar-refractivity contribution in [3.63, 3.8) is 0 Å². The number of carbonyl (C=O) groups excluding carboxylic acids is 2. The molecule has 28 heavy (non-hydrogen) atoms. The van der Waals surface area contributed by atoms with E-state index in [0.29, 0.717) is 22.3 Å². The average Bonchev–Trinajstić information content (AvgIpc) is 3.14. The summed E-state index contributed by atoms with van der Waals surface area (Å²) in [5.74, 6) is -0.965. The Hall–Kier alpha value is -2.93. The van der Waals surface area contributed by atoms with Gasteiger partial charge in [-0.3, -0.25) is 4.79 Å². The van der Waals surface area contributed by atoms with E-state index in [0.717, 1.165) is 11.8 Å². The van der Waals surface area contributed by atoms with Crippen molar-refractivity contribution in [2.45, 2.75) is 23.8 Å². The molecule has 0 bridgehead atoms. The minimum atomic E-state index is -3.35. The molecule has 1 saturated heterocycles. The summed E-state index contributed by atoms with van der Waals surface area (Å²) in [4.78, 5) is 24.8. The maximum Gasteiger partial charge on any atom is 0.340 e. The molecule has 1 unspecified atom stereocenters. The third-order valence-electron chi connectivity index (χ3n) is 5.01. The van der Waals surface area contributed by atoms with Crippen molar-refractivity contribution in [3.8, 4) is 0 Å². The summed E-state index contributed by atoms with van der Waals surface area (Å²) >= 11 is 0. The lowest BCUT2D eigenvalue weighted by Crippen LogP contribution is -2.32. The summed E-state index contributed by atoms with van der Waals surface area (Å²) in [6.07, 6.45) is 1.06. The maximum absolute atomic E-state index is 12.8. The van der Waals surface area contributed by atoms with Crippen molar-refractivity contribution in [2.24, 2.45) is 0 Å². The number of hydrogen-bond donors (Lipinski definition) is 0. The van der Waals surface area contributed by atoms with Gasteiger partial charge < -0.3 is 9.47 Å². The molecule has 1 fully saturated rings. The lowest BCUT2D eigenvalue weighted by atomic mass is 9.84. The lowest BCUT2D eigenvalue weighted by molar-refractivity contribution is -0.144. The van der Waals surface area contributed by atoms with E-state index in [-0.39, 0.29) is 17.9 Å². The Morgan fingerprint density at radius 1 is 0.929 bits per heavy atom. The topological polar surface area (TPSA) is 86.7 Å². The first-order valence-corrected chi connectivity index (χ1v) is 10.6. The first-order valence-electron chi connectivity index (χ1n) is 8.71. The van der Waals surface area contributed by atoms with Crippen molar-refractivity contribution in [1.29, 1.82) is 0 Å². The molecule has 0 radical (unpaired) electrons. The summed E-state index contributed by atoms with van der Waals surface area (Å²) in [6, 6.07) is 13.7. The fourth-order valence-corrected chi connectivity index (χ4v) is 4.26. The summed E-state index contributed by atoms with van der Waals surface area (Å²) < 4.78 is 34.3. The van der Waals surface area contributed by atoms with E-state index in [1.807, 2.05) is 31.2 Å². The predicted octanol–water partition coefficient (Wildman–Crippen LogP) is 2.55. The van der Waals surface area contributed by atoms with Crippen molar-refractivity contribution in [3.05, 3.63) is 65.2 Å². The van der Waals surface area contributed by atoms with E-state index in [2.05, 4.69) is 0 Å². The van der Waals surface area contributed by atoms with Gasteiger partial charge in [-0.05, 0) is 30.2 Å². The Labute approximate surface area is 162 Å². The molecular formula is C21H18O6S. The predicted molar refractivity (Wildman–Crippen MR) is 102 cm³/mol. The van der Waals surface area contributed by atoms with Gasteiger partial charge in [-0.2, -0.15) is 0 Å². The summed E-state index contributed by atoms with van der Waals surface area (Å²) in [5.41, 5.74) is 2.06. The quantitative estimate of drug-likeness (QED) is 0.739. The van der Waals surface area contributed by atoms with Gasteiger partial charge in [0, 0.05) is 11.8 Å². The number of hydrogen-bond acceptors (Lipinski definition) is 6. The Kier molecular flexibility index (Phi) is 4.15. The molecule has 0 aromatic heterocycles. The van der Waals surface area contributed by atoms with Crippen LogP contribution in [0.1, 0.15) is 23.1 Å². The van der Waals surface area contributed by atoms with Gasteiger partial charge in [0.1, 0.15) is 6.61 Å². The molecule has 0 amide bonds. The second-order valence-electron chi connectivity index (χ2n) is 7.13. The minimum absolute atomic E-state index is 0.0594. The zero-order chi connectivity index (χ0) is 20.1. The van der Waals surface area contributed by atoms with Gasteiger partial charge >= 0.3 is 11.9 Å². The standard InChI is InChI=1S/C21H18O6S/c1-13-3-5-14(6-4-13)18-19(15-7-9-16(10-8-15)28(2,24)25)21(27-20(18)23)11-17(22)26-12-21/h3-10H,11-12H2,1-2H3. The molecule has 2 aromatic rings. The molecule has 0 N–H and O–H groups in total. The van der Waals surface area contributed by atoms with Crippen LogP contribution < -0.4 is 0 Å². The van der Waals surface area contributed by atoms with Crippen molar-refractivity contribution >= 4 is 32.9 Å². The fourth-order valence-electron chi connectivity index (χ4n) is 3.63. The van der Waals surface area contributed by atoms with Gasteiger partial charge in [0.05, 0.1) is 16.9 Å². The van der Waals surface area contributed by atoms with Crippen LogP contribution in [0.2, 0.25) is 0 Å². The number of ether oxygens (including phenoxy) is 2. The van der Waals surface area contributed by atoms with Crippen molar-refractivity contribution in [2.75, 3.05) is 12.9 Å². The van der Waals surface area contributed by atoms with Crippen LogP contribution in [-0.2, 0) is 28.9 Å². The molecule has 2 aliphatic rings. The zero-order valence-corrected chi connectivity index (χ0v) is 16.2. The summed E-state index contributed by atoms with van der Waals surface area (Å²) in [7, 11) is -3.35. The zero-order valence-electron chi connectivity index (χ0n) is 15.4. The number of cyclic esters (lactones) is 1. The molecule has 144 valence electrons. The highest BCUT2D eigenvalue weighted by atomic mass is 32.2. The third kappa shape index (κ3) is 3.01. The Balaban J connectivity index is 1.93. The van der Waals surface area contributed by atoms with Crippen molar-refractivity contribution < 1.29 is 27.5 Å². The lowest BCUT2D eigenvalue weighted by Gasteiger charge is -2.23. The van der Waals surface area contributed by atoms with E-state index < -0.39 is 27.4 Å². The molecule has 0 saturated carbocycles. The average molecular weight is 398 g/mol. The summed E-state index contributed by atoms with van der Waals surface area (Å²) in [6.45, 7) is 1.89. The van der Waals surface area contributed by atoms with Crippen LogP contribution in [0.25, 0.3) is 11.1 Å². The van der Waals surface area contributed by atoms with E-state index in [4.69, 9.17) is 9.47 Å². The Bertz CT molecular complexity index is 1110. The Morgan fingerprint density at radius 3 is 2.07 bits per heavy atom. The highest BCUT2D eigenvalue weighted by Crippen LogP contribution is 2.48. The molecule has 1 atom stereocenters. The molecule has 4 rings (SSSR count). The van der Waals surface area contributed by atoms with Gasteiger partial charge in [0.2, 0.25) is 0 Å². The van der Waals surface area contributed by atoms with Crippen LogP contribution in [0.5, 0.6) is 0 Å². The molecule has 6 nitrogen and oxygen atoms in total. The molecule has 2 aliphatic heterocycles. The number of aryl methyl sites for hydroxylation is 1.